The van der Waals surface area contributed by atoms with Crippen LogP contribution in [0.15, 0.2) is 46.6 Å². The second-order valence-corrected chi connectivity index (χ2v) is 6.52. The van der Waals surface area contributed by atoms with E-state index in [1.54, 1.807) is 0 Å². The van der Waals surface area contributed by atoms with Gasteiger partial charge in [0.1, 0.15) is 0 Å². The third-order valence-electron chi connectivity index (χ3n) is 3.96. The highest BCUT2D eigenvalue weighted by Gasteiger charge is 2.15. The number of aromatic nitrogens is 3. The number of para-hydroxylation sites is 2. The van der Waals surface area contributed by atoms with Gasteiger partial charge in [0.25, 0.3) is 5.56 Å². The van der Waals surface area contributed by atoms with E-state index < -0.39 is 0 Å². The molecule has 1 aliphatic rings. The minimum absolute atomic E-state index is 0.260. The first kappa shape index (κ1) is 15.8. The number of hydrogen-bond acceptors (Lipinski definition) is 7. The Labute approximate surface area is 148 Å². The molecule has 0 atom stereocenters. The van der Waals surface area contributed by atoms with Crippen molar-refractivity contribution >= 4 is 28.7 Å². The first-order valence-electron chi connectivity index (χ1n) is 8.01. The predicted octanol–water partition coefficient (Wildman–Crippen LogP) is 2.47. The zero-order chi connectivity index (χ0) is 17.1. The van der Waals surface area contributed by atoms with Crippen molar-refractivity contribution in [1.29, 1.82) is 0 Å². The molecule has 0 spiro atoms. The van der Waals surface area contributed by atoms with Crippen molar-refractivity contribution in [3.8, 4) is 10.6 Å². The van der Waals surface area contributed by atoms with Gasteiger partial charge in [0, 0.05) is 13.1 Å². The van der Waals surface area contributed by atoms with E-state index in [1.165, 1.54) is 11.3 Å². The standard InChI is InChI=1S/C17H17N5O2S/c23-16-15(14-6-3-11-25-14)20-21-17(19-16)18-12-4-1-2-5-13(12)22-7-9-24-10-8-22/h1-6,11H,7-10H2,(H2,18,19,21,23). The van der Waals surface area contributed by atoms with Gasteiger partial charge in [-0.05, 0) is 23.6 Å². The lowest BCUT2D eigenvalue weighted by atomic mass is 10.2. The van der Waals surface area contributed by atoms with Gasteiger partial charge in [0.2, 0.25) is 5.95 Å². The summed E-state index contributed by atoms with van der Waals surface area (Å²) in [4.78, 5) is 18.1. The zero-order valence-corrected chi connectivity index (χ0v) is 14.3. The molecule has 7 nitrogen and oxygen atoms in total. The topological polar surface area (TPSA) is 83.1 Å². The lowest BCUT2D eigenvalue weighted by molar-refractivity contribution is 0.123. The maximum Gasteiger partial charge on any atom is 0.280 e. The van der Waals surface area contributed by atoms with Crippen molar-refractivity contribution in [2.45, 2.75) is 0 Å². The molecule has 4 rings (SSSR count). The van der Waals surface area contributed by atoms with E-state index in [0.29, 0.717) is 24.9 Å². The summed E-state index contributed by atoms with van der Waals surface area (Å²) in [6.45, 7) is 3.08. The SMILES string of the molecule is O=c1[nH]c(Nc2ccccc2N2CCOCC2)nnc1-c1cccs1. The van der Waals surface area contributed by atoms with Gasteiger partial charge in [-0.2, -0.15) is 0 Å². The van der Waals surface area contributed by atoms with Crippen LogP contribution in [0.2, 0.25) is 0 Å². The summed E-state index contributed by atoms with van der Waals surface area (Å²) < 4.78 is 5.41. The second kappa shape index (κ2) is 7.04. The minimum Gasteiger partial charge on any atom is -0.378 e. The maximum atomic E-state index is 12.3. The van der Waals surface area contributed by atoms with Crippen LogP contribution in [0.25, 0.3) is 10.6 Å². The maximum absolute atomic E-state index is 12.3. The van der Waals surface area contributed by atoms with E-state index in [0.717, 1.165) is 29.3 Å². The van der Waals surface area contributed by atoms with Crippen LogP contribution in [0.4, 0.5) is 17.3 Å². The number of hydrogen-bond donors (Lipinski definition) is 2. The van der Waals surface area contributed by atoms with Crippen molar-refractivity contribution in [3.63, 3.8) is 0 Å². The average molecular weight is 355 g/mol. The number of rotatable bonds is 4. The number of morpholine rings is 1. The molecule has 0 amide bonds. The Balaban J connectivity index is 1.60. The van der Waals surface area contributed by atoms with Crippen LogP contribution < -0.4 is 15.8 Å². The minimum atomic E-state index is -0.260. The van der Waals surface area contributed by atoms with Crippen LogP contribution in [0.5, 0.6) is 0 Å². The monoisotopic (exact) mass is 355 g/mol. The van der Waals surface area contributed by atoms with Crippen LogP contribution in [0.3, 0.4) is 0 Å². The number of nitrogens with zero attached hydrogens (tertiary/aromatic N) is 3. The summed E-state index contributed by atoms with van der Waals surface area (Å²) >= 11 is 1.46. The molecule has 1 saturated heterocycles. The molecule has 2 N–H and O–H groups in total. The Morgan fingerprint density at radius 1 is 1.12 bits per heavy atom. The number of benzene rings is 1. The van der Waals surface area contributed by atoms with Crippen LogP contribution in [0, 0.1) is 0 Å². The largest absolute Gasteiger partial charge is 0.378 e. The van der Waals surface area contributed by atoms with Gasteiger partial charge in [-0.1, -0.05) is 18.2 Å². The molecule has 0 radical (unpaired) electrons. The Bertz CT molecular complexity index is 903. The number of ether oxygens (including phenoxy) is 1. The highest BCUT2D eigenvalue weighted by Crippen LogP contribution is 2.28. The Kier molecular flexibility index (Phi) is 4.45. The summed E-state index contributed by atoms with van der Waals surface area (Å²) in [5.41, 5.74) is 2.00. The summed E-state index contributed by atoms with van der Waals surface area (Å²) in [5.74, 6) is 0.325. The second-order valence-electron chi connectivity index (χ2n) is 5.57. The summed E-state index contributed by atoms with van der Waals surface area (Å²) in [6.07, 6.45) is 0. The highest BCUT2D eigenvalue weighted by molar-refractivity contribution is 7.13. The molecule has 1 fully saturated rings. The van der Waals surface area contributed by atoms with Gasteiger partial charge in [0.05, 0.1) is 29.5 Å². The van der Waals surface area contributed by atoms with E-state index in [1.807, 2.05) is 41.8 Å². The first-order valence-corrected chi connectivity index (χ1v) is 8.89. The van der Waals surface area contributed by atoms with Crippen molar-refractivity contribution in [3.05, 3.63) is 52.1 Å². The number of anilines is 3. The molecule has 8 heteroatoms. The molecule has 3 heterocycles. The number of aromatic amines is 1. The van der Waals surface area contributed by atoms with E-state index in [-0.39, 0.29) is 5.56 Å². The molecule has 0 unspecified atom stereocenters. The van der Waals surface area contributed by atoms with Crippen molar-refractivity contribution in [1.82, 2.24) is 15.2 Å². The van der Waals surface area contributed by atoms with Crippen LogP contribution in [-0.2, 0) is 4.74 Å². The normalized spacial score (nSPS) is 14.5. The van der Waals surface area contributed by atoms with Crippen LogP contribution in [0.1, 0.15) is 0 Å². The molecule has 0 bridgehead atoms. The summed E-state index contributed by atoms with van der Waals surface area (Å²) in [5, 5.41) is 13.3. The molecule has 1 aromatic carbocycles. The van der Waals surface area contributed by atoms with Gasteiger partial charge in [0.15, 0.2) is 5.69 Å². The molecule has 2 aromatic heterocycles. The predicted molar refractivity (Wildman–Crippen MR) is 98.7 cm³/mol. The molecule has 1 aliphatic heterocycles. The third kappa shape index (κ3) is 3.40. The molecule has 25 heavy (non-hydrogen) atoms. The quantitative estimate of drug-likeness (QED) is 0.748. The fourth-order valence-electron chi connectivity index (χ4n) is 2.75. The van der Waals surface area contributed by atoms with E-state index >= 15 is 0 Å². The van der Waals surface area contributed by atoms with Crippen LogP contribution in [-0.4, -0.2) is 41.5 Å². The third-order valence-corrected chi connectivity index (χ3v) is 4.84. The lowest BCUT2D eigenvalue weighted by Gasteiger charge is -2.30. The van der Waals surface area contributed by atoms with Gasteiger partial charge in [-0.3, -0.25) is 9.78 Å². The van der Waals surface area contributed by atoms with Gasteiger partial charge in [-0.25, -0.2) is 0 Å². The number of thiophene rings is 1. The fraction of sp³-hybridized carbons (Fsp3) is 0.235. The number of nitrogens with one attached hydrogen (secondary N) is 2. The molecule has 3 aromatic rings. The summed E-state index contributed by atoms with van der Waals surface area (Å²) in [6, 6.07) is 11.7. The van der Waals surface area contributed by atoms with E-state index in [9.17, 15) is 4.79 Å². The van der Waals surface area contributed by atoms with Gasteiger partial charge in [-0.15, -0.1) is 21.5 Å². The van der Waals surface area contributed by atoms with Crippen molar-refractivity contribution in [2.24, 2.45) is 0 Å². The van der Waals surface area contributed by atoms with Gasteiger partial charge >= 0.3 is 0 Å². The van der Waals surface area contributed by atoms with E-state index in [2.05, 4.69) is 25.4 Å². The fourth-order valence-corrected chi connectivity index (χ4v) is 3.46. The zero-order valence-electron chi connectivity index (χ0n) is 13.4. The smallest absolute Gasteiger partial charge is 0.280 e. The molecule has 0 saturated carbocycles. The molecule has 0 aliphatic carbocycles. The Morgan fingerprint density at radius 2 is 1.96 bits per heavy atom. The first-order chi connectivity index (χ1) is 12.3. The van der Waals surface area contributed by atoms with Crippen molar-refractivity contribution in [2.75, 3.05) is 36.5 Å². The van der Waals surface area contributed by atoms with Gasteiger partial charge < -0.3 is 15.0 Å². The number of H-pyrrole nitrogens is 1. The molecule has 128 valence electrons. The van der Waals surface area contributed by atoms with Crippen molar-refractivity contribution < 1.29 is 4.74 Å². The van der Waals surface area contributed by atoms with E-state index in [4.69, 9.17) is 4.74 Å². The highest BCUT2D eigenvalue weighted by atomic mass is 32.1. The Hall–Kier alpha value is -2.71. The molecular formula is C17H17N5O2S. The summed E-state index contributed by atoms with van der Waals surface area (Å²) in [7, 11) is 0. The lowest BCUT2D eigenvalue weighted by Crippen LogP contribution is -2.36. The Morgan fingerprint density at radius 3 is 2.72 bits per heavy atom. The molecular weight excluding hydrogens is 338 g/mol. The average Bonchev–Trinajstić information content (AvgIpc) is 3.17. The van der Waals surface area contributed by atoms with Crippen LogP contribution >= 0.6 is 11.3 Å².